The first-order valence-electron chi connectivity index (χ1n) is 6.80. The molecule has 0 unspecified atom stereocenters. The molecular formula is C13H23N5O. The van der Waals surface area contributed by atoms with E-state index in [0.29, 0.717) is 12.6 Å². The Morgan fingerprint density at radius 2 is 2.21 bits per heavy atom. The lowest BCUT2D eigenvalue weighted by molar-refractivity contribution is -0.122. The number of nitrogens with zero attached hydrogens (tertiary/aromatic N) is 3. The normalized spacial score (nSPS) is 17.6. The SMILES string of the molecule is CNC(=O)CN1CCC(NCc2cncn2C)CC1. The third kappa shape index (κ3) is 4.04. The fourth-order valence-electron chi connectivity index (χ4n) is 2.38. The molecule has 0 bridgehead atoms. The Labute approximate surface area is 114 Å². The summed E-state index contributed by atoms with van der Waals surface area (Å²) in [6, 6.07) is 0.538. The van der Waals surface area contributed by atoms with Gasteiger partial charge in [0.15, 0.2) is 0 Å². The van der Waals surface area contributed by atoms with Crippen LogP contribution in [0, 0.1) is 0 Å². The van der Waals surface area contributed by atoms with E-state index in [-0.39, 0.29) is 5.91 Å². The van der Waals surface area contributed by atoms with Crippen molar-refractivity contribution in [1.29, 1.82) is 0 Å². The van der Waals surface area contributed by atoms with E-state index in [1.54, 1.807) is 7.05 Å². The number of amides is 1. The van der Waals surface area contributed by atoms with Crippen molar-refractivity contribution in [2.75, 3.05) is 26.7 Å². The van der Waals surface area contributed by atoms with Crippen molar-refractivity contribution in [3.63, 3.8) is 0 Å². The maximum absolute atomic E-state index is 11.3. The van der Waals surface area contributed by atoms with E-state index in [1.165, 1.54) is 5.69 Å². The van der Waals surface area contributed by atoms with Gasteiger partial charge in [-0.05, 0) is 12.8 Å². The van der Waals surface area contributed by atoms with E-state index in [0.717, 1.165) is 32.5 Å². The Kier molecular flexibility index (Phi) is 4.93. The van der Waals surface area contributed by atoms with Crippen molar-refractivity contribution in [3.05, 3.63) is 18.2 Å². The number of carbonyl (C=O) groups is 1. The first-order valence-corrected chi connectivity index (χ1v) is 6.80. The van der Waals surface area contributed by atoms with Crippen LogP contribution in [0.25, 0.3) is 0 Å². The summed E-state index contributed by atoms with van der Waals surface area (Å²) in [6.45, 7) is 3.34. The zero-order chi connectivity index (χ0) is 13.7. The average molecular weight is 265 g/mol. The molecule has 0 aromatic carbocycles. The van der Waals surface area contributed by atoms with Gasteiger partial charge in [0, 0.05) is 46.0 Å². The minimum atomic E-state index is 0.0984. The van der Waals surface area contributed by atoms with Crippen LogP contribution in [0.3, 0.4) is 0 Å². The number of carbonyl (C=O) groups excluding carboxylic acids is 1. The number of likely N-dealkylation sites (N-methyl/N-ethyl adjacent to an activating group) is 1. The lowest BCUT2D eigenvalue weighted by atomic mass is 10.0. The van der Waals surface area contributed by atoms with Gasteiger partial charge < -0.3 is 15.2 Å². The molecule has 2 heterocycles. The van der Waals surface area contributed by atoms with Gasteiger partial charge in [-0.1, -0.05) is 0 Å². The third-order valence-corrected chi connectivity index (χ3v) is 3.72. The van der Waals surface area contributed by atoms with Crippen LogP contribution in [-0.4, -0.2) is 53.1 Å². The van der Waals surface area contributed by atoms with Crippen molar-refractivity contribution < 1.29 is 4.79 Å². The van der Waals surface area contributed by atoms with Crippen LogP contribution in [0.15, 0.2) is 12.5 Å². The van der Waals surface area contributed by atoms with Crippen LogP contribution in [0.2, 0.25) is 0 Å². The quantitative estimate of drug-likeness (QED) is 0.769. The first kappa shape index (κ1) is 14.0. The van der Waals surface area contributed by atoms with E-state index in [9.17, 15) is 4.79 Å². The average Bonchev–Trinajstić information content (AvgIpc) is 2.83. The number of imidazole rings is 1. The Morgan fingerprint density at radius 3 is 2.79 bits per heavy atom. The molecule has 106 valence electrons. The van der Waals surface area contributed by atoms with Gasteiger partial charge in [0.05, 0.1) is 18.6 Å². The van der Waals surface area contributed by atoms with Gasteiger partial charge in [-0.15, -0.1) is 0 Å². The van der Waals surface area contributed by atoms with Gasteiger partial charge in [0.25, 0.3) is 0 Å². The largest absolute Gasteiger partial charge is 0.358 e. The van der Waals surface area contributed by atoms with Gasteiger partial charge in [0.2, 0.25) is 5.91 Å². The van der Waals surface area contributed by atoms with E-state index >= 15 is 0 Å². The number of piperidine rings is 1. The highest BCUT2D eigenvalue weighted by atomic mass is 16.1. The summed E-state index contributed by atoms with van der Waals surface area (Å²) in [4.78, 5) is 17.6. The van der Waals surface area contributed by atoms with E-state index in [2.05, 4.69) is 20.5 Å². The molecule has 1 aromatic rings. The summed E-state index contributed by atoms with van der Waals surface area (Å²) in [5.41, 5.74) is 1.20. The molecule has 1 aliphatic heterocycles. The van der Waals surface area contributed by atoms with Crippen molar-refractivity contribution in [3.8, 4) is 0 Å². The molecule has 19 heavy (non-hydrogen) atoms. The van der Waals surface area contributed by atoms with Crippen LogP contribution in [0.5, 0.6) is 0 Å². The lowest BCUT2D eigenvalue weighted by Crippen LogP contribution is -2.45. The second kappa shape index (κ2) is 6.68. The molecule has 1 saturated heterocycles. The van der Waals surface area contributed by atoms with Crippen LogP contribution in [-0.2, 0) is 18.4 Å². The maximum atomic E-state index is 11.3. The van der Waals surface area contributed by atoms with E-state index in [1.807, 2.05) is 24.1 Å². The van der Waals surface area contributed by atoms with Gasteiger partial charge >= 0.3 is 0 Å². The van der Waals surface area contributed by atoms with Crippen LogP contribution in [0.4, 0.5) is 0 Å². The Bertz CT molecular complexity index is 409. The zero-order valence-corrected chi connectivity index (χ0v) is 11.7. The molecule has 1 fully saturated rings. The fraction of sp³-hybridized carbons (Fsp3) is 0.692. The highest BCUT2D eigenvalue weighted by Crippen LogP contribution is 2.10. The number of aryl methyl sites for hydroxylation is 1. The third-order valence-electron chi connectivity index (χ3n) is 3.72. The standard InChI is InChI=1S/C13H23N5O/c1-14-13(19)9-18-5-3-11(4-6-18)16-8-12-7-15-10-17(12)2/h7,10-11,16H,3-6,8-9H2,1-2H3,(H,14,19). The highest BCUT2D eigenvalue weighted by Gasteiger charge is 2.20. The molecule has 2 rings (SSSR count). The minimum Gasteiger partial charge on any atom is -0.358 e. The monoisotopic (exact) mass is 265 g/mol. The second-order valence-electron chi connectivity index (χ2n) is 5.10. The predicted octanol–water partition coefficient (Wildman–Crippen LogP) is -0.280. The number of rotatable bonds is 5. The molecule has 0 atom stereocenters. The highest BCUT2D eigenvalue weighted by molar-refractivity contribution is 5.77. The molecule has 0 aliphatic carbocycles. The molecule has 1 aliphatic rings. The fourth-order valence-corrected chi connectivity index (χ4v) is 2.38. The van der Waals surface area contributed by atoms with Crippen LogP contribution >= 0.6 is 0 Å². The first-order chi connectivity index (χ1) is 9.19. The van der Waals surface area contributed by atoms with Gasteiger partial charge in [-0.25, -0.2) is 4.98 Å². The van der Waals surface area contributed by atoms with E-state index < -0.39 is 0 Å². The molecule has 0 saturated carbocycles. The Morgan fingerprint density at radius 1 is 1.47 bits per heavy atom. The Balaban J connectivity index is 1.69. The lowest BCUT2D eigenvalue weighted by Gasteiger charge is -2.31. The van der Waals surface area contributed by atoms with Crippen LogP contribution in [0.1, 0.15) is 18.5 Å². The second-order valence-corrected chi connectivity index (χ2v) is 5.10. The number of nitrogens with one attached hydrogen (secondary N) is 2. The van der Waals surface area contributed by atoms with Gasteiger partial charge in [-0.3, -0.25) is 9.69 Å². The topological polar surface area (TPSA) is 62.2 Å². The summed E-state index contributed by atoms with van der Waals surface area (Å²) < 4.78 is 2.04. The minimum absolute atomic E-state index is 0.0984. The van der Waals surface area contributed by atoms with Crippen molar-refractivity contribution in [2.45, 2.75) is 25.4 Å². The van der Waals surface area contributed by atoms with Crippen molar-refractivity contribution in [1.82, 2.24) is 25.1 Å². The van der Waals surface area contributed by atoms with Gasteiger partial charge in [0.1, 0.15) is 0 Å². The van der Waals surface area contributed by atoms with E-state index in [4.69, 9.17) is 0 Å². The summed E-state index contributed by atoms with van der Waals surface area (Å²) in [7, 11) is 3.69. The summed E-state index contributed by atoms with van der Waals surface area (Å²) in [5, 5.41) is 6.23. The number of likely N-dealkylation sites (tertiary alicyclic amines) is 1. The molecular weight excluding hydrogens is 242 g/mol. The molecule has 6 nitrogen and oxygen atoms in total. The predicted molar refractivity (Wildman–Crippen MR) is 73.6 cm³/mol. The molecule has 1 amide bonds. The van der Waals surface area contributed by atoms with Gasteiger partial charge in [-0.2, -0.15) is 0 Å². The zero-order valence-electron chi connectivity index (χ0n) is 11.7. The van der Waals surface area contributed by atoms with Crippen molar-refractivity contribution >= 4 is 5.91 Å². The van der Waals surface area contributed by atoms with Crippen LogP contribution < -0.4 is 10.6 Å². The summed E-state index contributed by atoms with van der Waals surface area (Å²) in [6.07, 6.45) is 5.90. The summed E-state index contributed by atoms with van der Waals surface area (Å²) in [5.74, 6) is 0.0984. The smallest absolute Gasteiger partial charge is 0.233 e. The molecule has 6 heteroatoms. The molecule has 0 radical (unpaired) electrons. The molecule has 0 spiro atoms. The molecule has 2 N–H and O–H groups in total. The number of aromatic nitrogens is 2. The Hall–Kier alpha value is -1.40. The summed E-state index contributed by atoms with van der Waals surface area (Å²) >= 11 is 0. The van der Waals surface area contributed by atoms with Crippen molar-refractivity contribution in [2.24, 2.45) is 7.05 Å². The number of hydrogen-bond donors (Lipinski definition) is 2. The maximum Gasteiger partial charge on any atom is 0.233 e. The number of hydrogen-bond acceptors (Lipinski definition) is 4. The molecule has 1 aromatic heterocycles.